The molecule has 0 aliphatic carbocycles. The minimum atomic E-state index is -4.45. The minimum Gasteiger partial charge on any atom is -0.369 e. The Morgan fingerprint density at radius 1 is 1.20 bits per heavy atom. The topological polar surface area (TPSA) is 48.5 Å². The van der Waals surface area contributed by atoms with Crippen molar-refractivity contribution in [2.24, 2.45) is 11.8 Å². The standard InChI is InChI=1S/C22H27F3N4O/c1-14-8-16(27-20(30)9-15-11-28(2)12-15)13-29(10-14)19-6-5-18(22(23,24)25)21-17(19)4-3-7-26-21/h3-7,14-16H,8-13H2,1-2H3,(H,27,30). The number of aromatic nitrogens is 1. The van der Waals surface area contributed by atoms with Gasteiger partial charge in [-0.1, -0.05) is 6.92 Å². The normalized spacial score (nSPS) is 23.4. The molecule has 0 radical (unpaired) electrons. The van der Waals surface area contributed by atoms with E-state index in [2.05, 4.69) is 27.0 Å². The summed E-state index contributed by atoms with van der Waals surface area (Å²) in [5.74, 6) is 0.788. The molecule has 2 fully saturated rings. The molecule has 3 heterocycles. The molecule has 0 saturated carbocycles. The number of rotatable bonds is 4. The van der Waals surface area contributed by atoms with Gasteiger partial charge in [-0.25, -0.2) is 0 Å². The largest absolute Gasteiger partial charge is 0.418 e. The number of piperidine rings is 1. The Balaban J connectivity index is 1.53. The van der Waals surface area contributed by atoms with Crippen LogP contribution in [0.5, 0.6) is 0 Å². The molecule has 1 aromatic heterocycles. The molecule has 2 atom stereocenters. The van der Waals surface area contributed by atoms with Crippen LogP contribution in [-0.4, -0.2) is 55.1 Å². The fourth-order valence-corrected chi connectivity index (χ4v) is 4.82. The lowest BCUT2D eigenvalue weighted by Gasteiger charge is -2.40. The molecule has 162 valence electrons. The predicted molar refractivity (Wildman–Crippen MR) is 110 cm³/mol. The van der Waals surface area contributed by atoms with Crippen LogP contribution in [0.25, 0.3) is 10.9 Å². The molecule has 4 rings (SSSR count). The molecule has 5 nitrogen and oxygen atoms in total. The van der Waals surface area contributed by atoms with Gasteiger partial charge in [0, 0.05) is 55.9 Å². The monoisotopic (exact) mass is 420 g/mol. The van der Waals surface area contributed by atoms with Gasteiger partial charge in [0.2, 0.25) is 5.91 Å². The van der Waals surface area contributed by atoms with Crippen molar-refractivity contribution in [1.82, 2.24) is 15.2 Å². The quantitative estimate of drug-likeness (QED) is 0.822. The first-order valence-corrected chi connectivity index (χ1v) is 10.4. The summed E-state index contributed by atoms with van der Waals surface area (Å²) in [5.41, 5.74) is -0.0184. The Morgan fingerprint density at radius 2 is 1.97 bits per heavy atom. The number of hydrogen-bond acceptors (Lipinski definition) is 4. The lowest BCUT2D eigenvalue weighted by molar-refractivity contribution is -0.136. The van der Waals surface area contributed by atoms with Crippen LogP contribution in [0, 0.1) is 11.8 Å². The second kappa shape index (κ2) is 8.06. The van der Waals surface area contributed by atoms with Gasteiger partial charge < -0.3 is 15.1 Å². The molecule has 0 bridgehead atoms. The van der Waals surface area contributed by atoms with Crippen LogP contribution in [0.2, 0.25) is 0 Å². The molecular formula is C22H27F3N4O. The van der Waals surface area contributed by atoms with Crippen molar-refractivity contribution in [2.75, 3.05) is 38.1 Å². The third-order valence-corrected chi connectivity index (χ3v) is 6.03. The first kappa shape index (κ1) is 20.9. The van der Waals surface area contributed by atoms with Gasteiger partial charge in [-0.2, -0.15) is 13.2 Å². The number of nitrogens with one attached hydrogen (secondary N) is 1. The van der Waals surface area contributed by atoms with Crippen LogP contribution in [0.4, 0.5) is 18.9 Å². The third kappa shape index (κ3) is 4.38. The van der Waals surface area contributed by atoms with Crippen molar-refractivity contribution in [3.8, 4) is 0 Å². The number of fused-ring (bicyclic) bond motifs is 1. The summed E-state index contributed by atoms with van der Waals surface area (Å²) in [5, 5.41) is 3.64. The van der Waals surface area contributed by atoms with Gasteiger partial charge >= 0.3 is 6.18 Å². The zero-order valence-electron chi connectivity index (χ0n) is 17.2. The molecule has 2 aliphatic rings. The summed E-state index contributed by atoms with van der Waals surface area (Å²) in [6.45, 7) is 5.32. The molecule has 1 aromatic carbocycles. The highest BCUT2D eigenvalue weighted by molar-refractivity contribution is 5.94. The maximum Gasteiger partial charge on any atom is 0.418 e. The van der Waals surface area contributed by atoms with E-state index in [4.69, 9.17) is 0 Å². The second-order valence-corrected chi connectivity index (χ2v) is 8.83. The van der Waals surface area contributed by atoms with Crippen LogP contribution in [0.3, 0.4) is 0 Å². The van der Waals surface area contributed by atoms with E-state index in [0.29, 0.717) is 30.2 Å². The zero-order valence-corrected chi connectivity index (χ0v) is 17.2. The first-order chi connectivity index (χ1) is 14.2. The number of anilines is 1. The molecule has 2 unspecified atom stereocenters. The number of hydrogen-bond donors (Lipinski definition) is 1. The van der Waals surface area contributed by atoms with Gasteiger partial charge in [0.05, 0.1) is 11.1 Å². The highest BCUT2D eigenvalue weighted by Gasteiger charge is 2.35. The van der Waals surface area contributed by atoms with Crippen molar-refractivity contribution in [1.29, 1.82) is 0 Å². The number of likely N-dealkylation sites (tertiary alicyclic amines) is 1. The average Bonchev–Trinajstić information content (AvgIpc) is 2.64. The van der Waals surface area contributed by atoms with Gasteiger partial charge in [0.25, 0.3) is 0 Å². The number of pyridine rings is 1. The smallest absolute Gasteiger partial charge is 0.369 e. The SMILES string of the molecule is CC1CC(NC(=O)CC2CN(C)C2)CN(c2ccc(C(F)(F)F)c3ncccc23)C1. The number of alkyl halides is 3. The van der Waals surface area contributed by atoms with Crippen LogP contribution < -0.4 is 10.2 Å². The van der Waals surface area contributed by atoms with E-state index in [9.17, 15) is 18.0 Å². The molecule has 2 saturated heterocycles. The van der Waals surface area contributed by atoms with E-state index in [1.54, 1.807) is 12.1 Å². The molecule has 1 N–H and O–H groups in total. The van der Waals surface area contributed by atoms with Crippen molar-refractivity contribution in [3.05, 3.63) is 36.0 Å². The Labute approximate surface area is 174 Å². The Morgan fingerprint density at radius 3 is 2.67 bits per heavy atom. The zero-order chi connectivity index (χ0) is 21.5. The van der Waals surface area contributed by atoms with E-state index in [1.165, 1.54) is 12.3 Å². The highest BCUT2D eigenvalue weighted by Crippen LogP contribution is 2.38. The van der Waals surface area contributed by atoms with E-state index < -0.39 is 11.7 Å². The molecule has 1 amide bonds. The van der Waals surface area contributed by atoms with Gasteiger partial charge in [0.1, 0.15) is 0 Å². The fourth-order valence-electron chi connectivity index (χ4n) is 4.82. The summed E-state index contributed by atoms with van der Waals surface area (Å²) >= 11 is 0. The number of amides is 1. The molecule has 8 heteroatoms. The van der Waals surface area contributed by atoms with Crippen molar-refractivity contribution in [2.45, 2.75) is 32.0 Å². The number of nitrogens with zero attached hydrogens (tertiary/aromatic N) is 3. The van der Waals surface area contributed by atoms with Crippen molar-refractivity contribution in [3.63, 3.8) is 0 Å². The third-order valence-electron chi connectivity index (χ3n) is 6.03. The fraction of sp³-hybridized carbons (Fsp3) is 0.545. The van der Waals surface area contributed by atoms with E-state index >= 15 is 0 Å². The van der Waals surface area contributed by atoms with Gasteiger partial charge in [-0.05, 0) is 49.6 Å². The Kier molecular flexibility index (Phi) is 5.61. The summed E-state index contributed by atoms with van der Waals surface area (Å²) in [6.07, 6.45) is -1.67. The maximum atomic E-state index is 13.4. The lowest BCUT2D eigenvalue weighted by Crippen LogP contribution is -2.52. The molecule has 30 heavy (non-hydrogen) atoms. The maximum absolute atomic E-state index is 13.4. The van der Waals surface area contributed by atoms with Crippen LogP contribution in [-0.2, 0) is 11.0 Å². The summed E-state index contributed by atoms with van der Waals surface area (Å²) in [7, 11) is 2.04. The first-order valence-electron chi connectivity index (χ1n) is 10.4. The van der Waals surface area contributed by atoms with Gasteiger partial charge in [-0.3, -0.25) is 9.78 Å². The minimum absolute atomic E-state index is 0.0203. The highest BCUT2D eigenvalue weighted by atomic mass is 19.4. The average molecular weight is 420 g/mol. The van der Waals surface area contributed by atoms with E-state index in [0.717, 1.165) is 37.8 Å². The second-order valence-electron chi connectivity index (χ2n) is 8.83. The van der Waals surface area contributed by atoms with Gasteiger partial charge in [-0.15, -0.1) is 0 Å². The molecule has 0 spiro atoms. The van der Waals surface area contributed by atoms with Crippen molar-refractivity contribution < 1.29 is 18.0 Å². The predicted octanol–water partition coefficient (Wildman–Crippen LogP) is 3.54. The molecule has 2 aliphatic heterocycles. The summed E-state index contributed by atoms with van der Waals surface area (Å²) < 4.78 is 40.3. The van der Waals surface area contributed by atoms with E-state index in [-0.39, 0.29) is 17.5 Å². The number of benzene rings is 1. The van der Waals surface area contributed by atoms with Crippen LogP contribution >= 0.6 is 0 Å². The Hall–Kier alpha value is -2.35. The number of carbonyl (C=O) groups is 1. The van der Waals surface area contributed by atoms with E-state index in [1.807, 2.05) is 7.05 Å². The molecule has 2 aromatic rings. The number of halogens is 3. The van der Waals surface area contributed by atoms with Crippen LogP contribution in [0.15, 0.2) is 30.5 Å². The van der Waals surface area contributed by atoms with Gasteiger partial charge in [0.15, 0.2) is 0 Å². The summed E-state index contributed by atoms with van der Waals surface area (Å²) in [6, 6.07) is 5.98. The Bertz CT molecular complexity index is 926. The summed E-state index contributed by atoms with van der Waals surface area (Å²) in [4.78, 5) is 20.7. The lowest BCUT2D eigenvalue weighted by atomic mass is 9.93. The van der Waals surface area contributed by atoms with Crippen LogP contribution in [0.1, 0.15) is 25.3 Å². The van der Waals surface area contributed by atoms with Crippen molar-refractivity contribution >= 4 is 22.5 Å². The molecular weight excluding hydrogens is 393 g/mol. The number of carbonyl (C=O) groups excluding carboxylic acids is 1.